The molecule has 2 aromatic rings. The fraction of sp³-hybridized carbons (Fsp3) is 0.214. The maximum Gasteiger partial charge on any atom is 0.348 e. The first-order chi connectivity index (χ1) is 9.95. The van der Waals surface area contributed by atoms with Gasteiger partial charge in [0.1, 0.15) is 22.9 Å². The Bertz CT molecular complexity index is 664. The Morgan fingerprint density at radius 1 is 1.33 bits per heavy atom. The summed E-state index contributed by atoms with van der Waals surface area (Å²) < 4.78 is 5.52. The van der Waals surface area contributed by atoms with Gasteiger partial charge in [-0.3, -0.25) is 4.79 Å². The summed E-state index contributed by atoms with van der Waals surface area (Å²) in [7, 11) is 0. The molecule has 0 atom stereocenters. The minimum absolute atomic E-state index is 0.0286. The quantitative estimate of drug-likeness (QED) is 0.886. The number of nitrogens with zero attached hydrogens (tertiary/aromatic N) is 1. The summed E-state index contributed by atoms with van der Waals surface area (Å²) in [4.78, 5) is 26.3. The van der Waals surface area contributed by atoms with Crippen molar-refractivity contribution < 1.29 is 19.4 Å². The molecule has 0 saturated heterocycles. The van der Waals surface area contributed by atoms with E-state index in [1.807, 2.05) is 19.1 Å². The number of hydrogen-bond donors (Lipinski definition) is 2. The second-order valence-electron chi connectivity index (χ2n) is 4.38. The van der Waals surface area contributed by atoms with Crippen LogP contribution in [0.15, 0.2) is 24.3 Å². The van der Waals surface area contributed by atoms with Crippen molar-refractivity contribution in [3.63, 3.8) is 0 Å². The van der Waals surface area contributed by atoms with Crippen molar-refractivity contribution in [2.75, 3.05) is 5.32 Å². The molecule has 2 N–H and O–H groups in total. The van der Waals surface area contributed by atoms with Crippen molar-refractivity contribution in [2.24, 2.45) is 0 Å². The summed E-state index contributed by atoms with van der Waals surface area (Å²) in [5.74, 6) is -0.760. The molecule has 0 unspecified atom stereocenters. The number of carboxylic acids is 1. The zero-order valence-corrected chi connectivity index (χ0v) is 12.4. The number of aromatic carboxylic acids is 1. The molecule has 0 fully saturated rings. The second-order valence-corrected chi connectivity index (χ2v) is 5.38. The number of hydrogen-bond acceptors (Lipinski definition) is 5. The predicted molar refractivity (Wildman–Crippen MR) is 78.9 cm³/mol. The Kier molecular flexibility index (Phi) is 4.54. The highest BCUT2D eigenvalue weighted by molar-refractivity contribution is 7.17. The van der Waals surface area contributed by atoms with Gasteiger partial charge in [-0.2, -0.15) is 0 Å². The van der Waals surface area contributed by atoms with Gasteiger partial charge in [-0.1, -0.05) is 29.0 Å². The summed E-state index contributed by atoms with van der Waals surface area (Å²) in [6.07, 6.45) is 0. The van der Waals surface area contributed by atoms with E-state index in [1.54, 1.807) is 12.1 Å². The van der Waals surface area contributed by atoms with Gasteiger partial charge in [-0.15, -0.1) is 0 Å². The fourth-order valence-corrected chi connectivity index (χ4v) is 2.46. The van der Waals surface area contributed by atoms with Gasteiger partial charge in [-0.05, 0) is 19.1 Å². The van der Waals surface area contributed by atoms with E-state index in [4.69, 9.17) is 9.84 Å². The molecule has 6 nitrogen and oxygen atoms in total. The van der Waals surface area contributed by atoms with Crippen LogP contribution in [0.1, 0.15) is 27.9 Å². The molecular weight excluding hydrogens is 292 g/mol. The zero-order chi connectivity index (χ0) is 15.4. The largest absolute Gasteiger partial charge is 0.487 e. The summed E-state index contributed by atoms with van der Waals surface area (Å²) >= 11 is 0.911. The lowest BCUT2D eigenvalue weighted by Crippen LogP contribution is -2.06. The first-order valence-electron chi connectivity index (χ1n) is 6.16. The highest BCUT2D eigenvalue weighted by Gasteiger charge is 2.18. The highest BCUT2D eigenvalue weighted by atomic mass is 32.1. The molecule has 21 heavy (non-hydrogen) atoms. The zero-order valence-electron chi connectivity index (χ0n) is 11.5. The SMILES string of the molecule is CC(=O)Nc1nc(COc2ccc(C)cc2)c(C(=O)O)s1. The number of rotatable bonds is 5. The van der Waals surface area contributed by atoms with Crippen LogP contribution in [0.2, 0.25) is 0 Å². The van der Waals surface area contributed by atoms with Gasteiger partial charge in [0.25, 0.3) is 0 Å². The summed E-state index contributed by atoms with van der Waals surface area (Å²) in [6, 6.07) is 7.40. The fourth-order valence-electron chi connectivity index (χ4n) is 1.61. The number of thiazole rings is 1. The molecule has 110 valence electrons. The Hall–Kier alpha value is -2.41. The molecule has 0 spiro atoms. The smallest absolute Gasteiger partial charge is 0.348 e. The van der Waals surface area contributed by atoms with Crippen LogP contribution < -0.4 is 10.1 Å². The molecule has 0 radical (unpaired) electrons. The summed E-state index contributed by atoms with van der Waals surface area (Å²) in [5, 5.41) is 11.9. The van der Waals surface area contributed by atoms with E-state index < -0.39 is 5.97 Å². The van der Waals surface area contributed by atoms with Crippen molar-refractivity contribution in [1.82, 2.24) is 4.98 Å². The van der Waals surface area contributed by atoms with Gasteiger partial charge in [0.2, 0.25) is 5.91 Å². The number of carboxylic acid groups (broad SMARTS) is 1. The average molecular weight is 306 g/mol. The number of carbonyl (C=O) groups is 2. The molecule has 1 aromatic heterocycles. The van der Waals surface area contributed by atoms with E-state index in [-0.39, 0.29) is 28.2 Å². The van der Waals surface area contributed by atoms with E-state index in [2.05, 4.69) is 10.3 Å². The molecule has 7 heteroatoms. The van der Waals surface area contributed by atoms with Crippen LogP contribution in [0.5, 0.6) is 5.75 Å². The maximum absolute atomic E-state index is 11.2. The van der Waals surface area contributed by atoms with Crippen molar-refractivity contribution in [3.8, 4) is 5.75 Å². The van der Waals surface area contributed by atoms with Crippen molar-refractivity contribution in [2.45, 2.75) is 20.5 Å². The number of anilines is 1. The van der Waals surface area contributed by atoms with Crippen LogP contribution in [0.3, 0.4) is 0 Å². The van der Waals surface area contributed by atoms with Gasteiger partial charge in [0.15, 0.2) is 5.13 Å². The molecule has 1 heterocycles. The minimum atomic E-state index is -1.09. The standard InChI is InChI=1S/C14H14N2O4S/c1-8-3-5-10(6-4-8)20-7-11-12(13(18)19)21-14(16-11)15-9(2)17/h3-6H,7H2,1-2H3,(H,18,19)(H,15,16,17). The molecule has 0 saturated carbocycles. The van der Waals surface area contributed by atoms with E-state index in [1.165, 1.54) is 6.92 Å². The van der Waals surface area contributed by atoms with Crippen LogP contribution in [0.25, 0.3) is 0 Å². The van der Waals surface area contributed by atoms with Crippen LogP contribution >= 0.6 is 11.3 Å². The van der Waals surface area contributed by atoms with Crippen molar-refractivity contribution in [3.05, 3.63) is 40.4 Å². The monoisotopic (exact) mass is 306 g/mol. The van der Waals surface area contributed by atoms with Gasteiger partial charge in [0.05, 0.1) is 0 Å². The lowest BCUT2D eigenvalue weighted by atomic mass is 10.2. The lowest BCUT2D eigenvalue weighted by Gasteiger charge is -2.05. The molecule has 0 aliphatic carbocycles. The normalized spacial score (nSPS) is 10.2. The molecule has 1 aromatic carbocycles. The Morgan fingerprint density at radius 2 is 2.00 bits per heavy atom. The first-order valence-corrected chi connectivity index (χ1v) is 6.97. The molecule has 2 rings (SSSR count). The third-order valence-corrected chi connectivity index (χ3v) is 3.57. The number of nitrogens with one attached hydrogen (secondary N) is 1. The Balaban J connectivity index is 2.14. The van der Waals surface area contributed by atoms with E-state index in [0.29, 0.717) is 5.75 Å². The topological polar surface area (TPSA) is 88.5 Å². The second kappa shape index (κ2) is 6.36. The summed E-state index contributed by atoms with van der Waals surface area (Å²) in [5.41, 5.74) is 1.40. The van der Waals surface area contributed by atoms with Crippen molar-refractivity contribution >= 4 is 28.3 Å². The maximum atomic E-state index is 11.2. The number of aromatic nitrogens is 1. The molecular formula is C14H14N2O4S. The summed E-state index contributed by atoms with van der Waals surface area (Å²) in [6.45, 7) is 3.33. The Morgan fingerprint density at radius 3 is 2.57 bits per heavy atom. The molecule has 1 amide bonds. The molecule has 0 aliphatic rings. The van der Waals surface area contributed by atoms with Crippen LogP contribution in [0.4, 0.5) is 5.13 Å². The highest BCUT2D eigenvalue weighted by Crippen LogP contribution is 2.24. The number of amides is 1. The van der Waals surface area contributed by atoms with Crippen LogP contribution in [-0.2, 0) is 11.4 Å². The number of aryl methyl sites for hydroxylation is 1. The number of benzene rings is 1. The van der Waals surface area contributed by atoms with Crippen LogP contribution in [0, 0.1) is 6.92 Å². The number of carbonyl (C=O) groups excluding carboxylic acids is 1. The molecule has 0 aliphatic heterocycles. The van der Waals surface area contributed by atoms with Crippen LogP contribution in [-0.4, -0.2) is 22.0 Å². The van der Waals surface area contributed by atoms with Gasteiger partial charge in [0, 0.05) is 6.92 Å². The van der Waals surface area contributed by atoms with E-state index >= 15 is 0 Å². The van der Waals surface area contributed by atoms with E-state index in [0.717, 1.165) is 16.9 Å². The average Bonchev–Trinajstić information content (AvgIpc) is 2.80. The lowest BCUT2D eigenvalue weighted by molar-refractivity contribution is -0.114. The first kappa shape index (κ1) is 15.0. The third-order valence-electron chi connectivity index (χ3n) is 2.57. The van der Waals surface area contributed by atoms with E-state index in [9.17, 15) is 9.59 Å². The van der Waals surface area contributed by atoms with Crippen molar-refractivity contribution in [1.29, 1.82) is 0 Å². The van der Waals surface area contributed by atoms with Gasteiger partial charge in [-0.25, -0.2) is 9.78 Å². The number of ether oxygens (including phenoxy) is 1. The van der Waals surface area contributed by atoms with Gasteiger partial charge < -0.3 is 15.2 Å². The third kappa shape index (κ3) is 4.03. The molecule has 0 bridgehead atoms. The van der Waals surface area contributed by atoms with Gasteiger partial charge >= 0.3 is 5.97 Å². The predicted octanol–water partition coefficient (Wildman–Crippen LogP) is 2.69. The minimum Gasteiger partial charge on any atom is -0.487 e. The Labute approximate surface area is 125 Å².